The Hall–Kier alpha value is -2.43. The van der Waals surface area contributed by atoms with Gasteiger partial charge >= 0.3 is 0 Å². The number of rotatable bonds is 2. The van der Waals surface area contributed by atoms with Gasteiger partial charge in [-0.25, -0.2) is 9.97 Å². The summed E-state index contributed by atoms with van der Waals surface area (Å²) in [5.74, 6) is 0.995. The average molecular weight is 265 g/mol. The number of fused-ring (bicyclic) bond motifs is 1. The highest BCUT2D eigenvalue weighted by atomic mass is 15.1. The Kier molecular flexibility index (Phi) is 2.45. The van der Waals surface area contributed by atoms with E-state index in [9.17, 15) is 0 Å². The number of aromatic amines is 1. The lowest BCUT2D eigenvalue weighted by Crippen LogP contribution is -2.08. The van der Waals surface area contributed by atoms with Crippen molar-refractivity contribution in [3.05, 3.63) is 36.2 Å². The van der Waals surface area contributed by atoms with Crippen molar-refractivity contribution < 1.29 is 0 Å². The van der Waals surface area contributed by atoms with Crippen LogP contribution < -0.4 is 5.73 Å². The van der Waals surface area contributed by atoms with Gasteiger partial charge in [-0.3, -0.25) is 0 Å². The second kappa shape index (κ2) is 4.30. The molecule has 5 nitrogen and oxygen atoms in total. The predicted molar refractivity (Wildman–Crippen MR) is 78.1 cm³/mol. The molecule has 4 rings (SSSR count). The molecule has 1 aromatic carbocycles. The summed E-state index contributed by atoms with van der Waals surface area (Å²) in [7, 11) is 0. The number of nitrogens with zero attached hydrogens (tertiary/aromatic N) is 3. The number of nitrogens with two attached hydrogens (primary N) is 1. The molecule has 0 aliphatic heterocycles. The van der Waals surface area contributed by atoms with E-state index >= 15 is 0 Å². The van der Waals surface area contributed by atoms with Gasteiger partial charge in [0.15, 0.2) is 5.65 Å². The van der Waals surface area contributed by atoms with Crippen LogP contribution in [0.2, 0.25) is 0 Å². The average Bonchev–Trinajstić information content (AvgIpc) is 2.84. The van der Waals surface area contributed by atoms with Crippen molar-refractivity contribution in [3.63, 3.8) is 0 Å². The molecule has 0 saturated heterocycles. The molecule has 100 valence electrons. The van der Waals surface area contributed by atoms with E-state index in [-0.39, 0.29) is 5.95 Å². The van der Waals surface area contributed by atoms with Gasteiger partial charge in [-0.05, 0) is 24.3 Å². The Labute approximate surface area is 116 Å². The van der Waals surface area contributed by atoms with Crippen LogP contribution in [-0.2, 0) is 0 Å². The van der Waals surface area contributed by atoms with E-state index in [0.29, 0.717) is 5.65 Å². The van der Waals surface area contributed by atoms with E-state index in [2.05, 4.69) is 44.2 Å². The molecule has 1 saturated carbocycles. The maximum atomic E-state index is 5.75. The predicted octanol–water partition coefficient (Wildman–Crippen LogP) is 2.87. The van der Waals surface area contributed by atoms with Crippen LogP contribution in [-0.4, -0.2) is 19.9 Å². The first-order valence-corrected chi connectivity index (χ1v) is 6.88. The largest absolute Gasteiger partial charge is 0.368 e. The lowest BCUT2D eigenvalue weighted by atomic mass is 9.80. The van der Waals surface area contributed by atoms with Crippen molar-refractivity contribution in [2.45, 2.75) is 25.2 Å². The lowest BCUT2D eigenvalue weighted by Gasteiger charge is -2.25. The molecule has 2 aromatic heterocycles. The Morgan fingerprint density at radius 3 is 2.60 bits per heavy atom. The Morgan fingerprint density at radius 1 is 1.10 bits per heavy atom. The second-order valence-corrected chi connectivity index (χ2v) is 5.28. The zero-order valence-electron chi connectivity index (χ0n) is 11.0. The summed E-state index contributed by atoms with van der Waals surface area (Å²) in [6.45, 7) is 0. The molecule has 3 aromatic rings. The highest BCUT2D eigenvalue weighted by Crippen LogP contribution is 2.37. The standard InChI is InChI=1S/C15H15N5/c16-15-19-12(13-14(20-15)18-8-17-13)11-6-4-10(5-7-11)9-2-1-3-9/h4-9H,1-3H2,(H3,16,17,18,19,20). The second-order valence-electron chi connectivity index (χ2n) is 5.28. The van der Waals surface area contributed by atoms with E-state index in [4.69, 9.17) is 5.73 Å². The molecular weight excluding hydrogens is 250 g/mol. The van der Waals surface area contributed by atoms with E-state index in [1.165, 1.54) is 24.8 Å². The Bertz CT molecular complexity index is 756. The summed E-state index contributed by atoms with van der Waals surface area (Å²) in [6, 6.07) is 8.60. The van der Waals surface area contributed by atoms with Crippen molar-refractivity contribution in [1.29, 1.82) is 0 Å². The van der Waals surface area contributed by atoms with Crippen molar-refractivity contribution >= 4 is 17.1 Å². The Balaban J connectivity index is 1.80. The highest BCUT2D eigenvalue weighted by molar-refractivity contribution is 5.87. The van der Waals surface area contributed by atoms with Gasteiger partial charge in [-0.15, -0.1) is 0 Å². The van der Waals surface area contributed by atoms with Gasteiger partial charge in [0.25, 0.3) is 0 Å². The fourth-order valence-electron chi connectivity index (χ4n) is 2.71. The topological polar surface area (TPSA) is 80.5 Å². The summed E-state index contributed by atoms with van der Waals surface area (Å²) >= 11 is 0. The van der Waals surface area contributed by atoms with Crippen LogP contribution in [0.15, 0.2) is 30.6 Å². The molecule has 2 heterocycles. The first-order chi connectivity index (χ1) is 9.81. The SMILES string of the molecule is Nc1nc(-c2ccc(C3CCC3)cc2)c2[nH]cnc2n1. The normalized spacial score (nSPS) is 15.4. The first kappa shape index (κ1) is 11.4. The minimum Gasteiger partial charge on any atom is -0.368 e. The van der Waals surface area contributed by atoms with Gasteiger partial charge in [0.2, 0.25) is 5.95 Å². The molecule has 20 heavy (non-hydrogen) atoms. The summed E-state index contributed by atoms with van der Waals surface area (Å²) in [6.07, 6.45) is 5.59. The number of benzene rings is 1. The minimum atomic E-state index is 0.252. The van der Waals surface area contributed by atoms with E-state index in [1.807, 2.05) is 0 Å². The van der Waals surface area contributed by atoms with Crippen LogP contribution in [0.25, 0.3) is 22.4 Å². The van der Waals surface area contributed by atoms with E-state index in [1.54, 1.807) is 6.33 Å². The van der Waals surface area contributed by atoms with Crippen LogP contribution in [0.1, 0.15) is 30.7 Å². The molecule has 1 aliphatic rings. The van der Waals surface area contributed by atoms with Gasteiger partial charge in [-0.1, -0.05) is 30.7 Å². The van der Waals surface area contributed by atoms with Crippen molar-refractivity contribution in [2.24, 2.45) is 0 Å². The molecule has 0 unspecified atom stereocenters. The number of hydrogen-bond acceptors (Lipinski definition) is 4. The van der Waals surface area contributed by atoms with Gasteiger partial charge in [0, 0.05) is 5.56 Å². The zero-order chi connectivity index (χ0) is 13.5. The third kappa shape index (κ3) is 1.74. The molecule has 0 bridgehead atoms. The molecule has 3 N–H and O–H groups in total. The zero-order valence-corrected chi connectivity index (χ0v) is 11.0. The third-order valence-corrected chi connectivity index (χ3v) is 4.06. The maximum Gasteiger partial charge on any atom is 0.222 e. The maximum absolute atomic E-state index is 5.75. The molecule has 0 amide bonds. The molecule has 1 aliphatic carbocycles. The van der Waals surface area contributed by atoms with Gasteiger partial charge in [-0.2, -0.15) is 4.98 Å². The summed E-state index contributed by atoms with van der Waals surface area (Å²) in [4.78, 5) is 15.7. The van der Waals surface area contributed by atoms with Crippen LogP contribution in [0.5, 0.6) is 0 Å². The van der Waals surface area contributed by atoms with Gasteiger partial charge in [0.1, 0.15) is 11.2 Å². The number of anilines is 1. The van der Waals surface area contributed by atoms with Crippen LogP contribution in [0, 0.1) is 0 Å². The van der Waals surface area contributed by atoms with Crippen molar-refractivity contribution in [1.82, 2.24) is 19.9 Å². The monoisotopic (exact) mass is 265 g/mol. The number of aromatic nitrogens is 4. The number of imidazole rings is 1. The molecule has 5 heteroatoms. The minimum absolute atomic E-state index is 0.252. The van der Waals surface area contributed by atoms with Gasteiger partial charge < -0.3 is 10.7 Å². The number of H-pyrrole nitrogens is 1. The molecular formula is C15H15N5. The number of nitrogen functional groups attached to an aromatic ring is 1. The third-order valence-electron chi connectivity index (χ3n) is 4.06. The fourth-order valence-corrected chi connectivity index (χ4v) is 2.71. The van der Waals surface area contributed by atoms with Crippen LogP contribution in [0.4, 0.5) is 5.95 Å². The highest BCUT2D eigenvalue weighted by Gasteiger charge is 2.19. The fraction of sp³-hybridized carbons (Fsp3) is 0.267. The van der Waals surface area contributed by atoms with Crippen LogP contribution >= 0.6 is 0 Å². The Morgan fingerprint density at radius 2 is 1.90 bits per heavy atom. The smallest absolute Gasteiger partial charge is 0.222 e. The van der Waals surface area contributed by atoms with Crippen LogP contribution in [0.3, 0.4) is 0 Å². The van der Waals surface area contributed by atoms with Crippen molar-refractivity contribution in [2.75, 3.05) is 5.73 Å². The molecule has 1 fully saturated rings. The number of hydrogen-bond donors (Lipinski definition) is 2. The van der Waals surface area contributed by atoms with E-state index < -0.39 is 0 Å². The summed E-state index contributed by atoms with van der Waals surface area (Å²) in [5, 5.41) is 0. The molecule has 0 radical (unpaired) electrons. The summed E-state index contributed by atoms with van der Waals surface area (Å²) < 4.78 is 0. The lowest BCUT2D eigenvalue weighted by molar-refractivity contribution is 0.420. The summed E-state index contributed by atoms with van der Waals surface area (Å²) in [5.41, 5.74) is 10.5. The molecule has 0 spiro atoms. The van der Waals surface area contributed by atoms with Gasteiger partial charge in [0.05, 0.1) is 6.33 Å². The first-order valence-electron chi connectivity index (χ1n) is 6.88. The van der Waals surface area contributed by atoms with Crippen molar-refractivity contribution in [3.8, 4) is 11.3 Å². The molecule has 0 atom stereocenters. The number of nitrogens with one attached hydrogen (secondary N) is 1. The van der Waals surface area contributed by atoms with E-state index in [0.717, 1.165) is 22.7 Å². The quantitative estimate of drug-likeness (QED) is 0.746.